The Morgan fingerprint density at radius 1 is 1.45 bits per heavy atom. The van der Waals surface area contributed by atoms with Gasteiger partial charge < -0.3 is 15.5 Å². The van der Waals surface area contributed by atoms with Gasteiger partial charge in [0, 0.05) is 5.02 Å². The summed E-state index contributed by atoms with van der Waals surface area (Å²) >= 11 is 5.98. The highest BCUT2D eigenvalue weighted by atomic mass is 35.5. The number of rotatable bonds is 5. The molecule has 1 aromatic carbocycles. The molecule has 0 aliphatic carbocycles. The summed E-state index contributed by atoms with van der Waals surface area (Å²) in [6.07, 6.45) is 2.19. The Morgan fingerprint density at radius 3 is 2.85 bits per heavy atom. The molecule has 0 saturated heterocycles. The van der Waals surface area contributed by atoms with Crippen LogP contribution in [0.25, 0.3) is 0 Å². The van der Waals surface area contributed by atoms with Crippen LogP contribution in [0.3, 0.4) is 0 Å². The minimum atomic E-state index is -0.180. The van der Waals surface area contributed by atoms with Crippen molar-refractivity contribution in [1.82, 2.24) is 5.32 Å². The van der Waals surface area contributed by atoms with Crippen LogP contribution in [0.15, 0.2) is 41.0 Å². The van der Waals surface area contributed by atoms with Crippen LogP contribution in [-0.4, -0.2) is 5.91 Å². The number of nitrogens with two attached hydrogens (primary N) is 1. The van der Waals surface area contributed by atoms with Crippen molar-refractivity contribution in [2.75, 3.05) is 0 Å². The van der Waals surface area contributed by atoms with E-state index < -0.39 is 0 Å². The van der Waals surface area contributed by atoms with E-state index in [0.717, 1.165) is 12.0 Å². The molecule has 106 valence electrons. The fraction of sp³-hybridized carbons (Fsp3) is 0.267. The number of nitrogens with one attached hydrogen (secondary N) is 1. The first kappa shape index (κ1) is 14.6. The van der Waals surface area contributed by atoms with Gasteiger partial charge in [-0.3, -0.25) is 4.79 Å². The molecule has 20 heavy (non-hydrogen) atoms. The van der Waals surface area contributed by atoms with Gasteiger partial charge in [-0.2, -0.15) is 0 Å². The molecule has 0 spiro atoms. The molecule has 1 amide bonds. The Morgan fingerprint density at radius 2 is 2.25 bits per heavy atom. The van der Waals surface area contributed by atoms with Crippen LogP contribution in [-0.2, 0) is 6.54 Å². The van der Waals surface area contributed by atoms with Gasteiger partial charge in [-0.15, -0.1) is 0 Å². The molecule has 0 radical (unpaired) electrons. The normalized spacial score (nSPS) is 12.2. The Kier molecular flexibility index (Phi) is 4.82. The number of hydrogen-bond donors (Lipinski definition) is 2. The van der Waals surface area contributed by atoms with E-state index >= 15 is 0 Å². The maximum absolute atomic E-state index is 12.2. The summed E-state index contributed by atoms with van der Waals surface area (Å²) in [5, 5.41) is 3.62. The molecule has 0 fully saturated rings. The molecule has 0 aliphatic heterocycles. The Bertz CT molecular complexity index is 595. The summed E-state index contributed by atoms with van der Waals surface area (Å²) in [7, 11) is 0. The van der Waals surface area contributed by atoms with Crippen LogP contribution in [0.2, 0.25) is 5.02 Å². The van der Waals surface area contributed by atoms with E-state index in [-0.39, 0.29) is 18.5 Å². The van der Waals surface area contributed by atoms with Gasteiger partial charge in [0.25, 0.3) is 5.91 Å². The van der Waals surface area contributed by atoms with Gasteiger partial charge in [0.1, 0.15) is 12.0 Å². The number of carbonyl (C=O) groups is 1. The van der Waals surface area contributed by atoms with Gasteiger partial charge in [-0.05, 0) is 30.2 Å². The predicted octanol–water partition coefficient (Wildman–Crippen LogP) is 3.27. The minimum absolute atomic E-state index is 0.0857. The highest BCUT2D eigenvalue weighted by molar-refractivity contribution is 6.30. The Labute approximate surface area is 122 Å². The fourth-order valence-corrected chi connectivity index (χ4v) is 2.19. The molecule has 1 heterocycles. The quantitative estimate of drug-likeness (QED) is 0.888. The highest BCUT2D eigenvalue weighted by Gasteiger charge is 2.16. The molecule has 1 aromatic heterocycles. The van der Waals surface area contributed by atoms with Crippen LogP contribution in [0.1, 0.15) is 41.1 Å². The number of carbonyl (C=O) groups excluding carboxylic acids is 1. The van der Waals surface area contributed by atoms with Crippen molar-refractivity contribution in [3.8, 4) is 0 Å². The topological polar surface area (TPSA) is 68.3 Å². The van der Waals surface area contributed by atoms with Crippen molar-refractivity contribution in [3.63, 3.8) is 0 Å². The second-order valence-electron chi connectivity index (χ2n) is 4.50. The van der Waals surface area contributed by atoms with Crippen molar-refractivity contribution in [1.29, 1.82) is 0 Å². The van der Waals surface area contributed by atoms with E-state index in [1.54, 1.807) is 6.07 Å². The van der Waals surface area contributed by atoms with E-state index in [2.05, 4.69) is 5.32 Å². The van der Waals surface area contributed by atoms with Crippen molar-refractivity contribution >= 4 is 17.5 Å². The third-order valence-corrected chi connectivity index (χ3v) is 3.32. The summed E-state index contributed by atoms with van der Waals surface area (Å²) in [6, 6.07) is 9.05. The van der Waals surface area contributed by atoms with E-state index in [9.17, 15) is 4.79 Å². The average Bonchev–Trinajstić information content (AvgIpc) is 2.93. The van der Waals surface area contributed by atoms with Gasteiger partial charge in [0.05, 0.1) is 18.2 Å². The average molecular weight is 293 g/mol. The molecule has 0 saturated carbocycles. The van der Waals surface area contributed by atoms with Crippen molar-refractivity contribution in [2.24, 2.45) is 5.73 Å². The lowest BCUT2D eigenvalue weighted by Gasteiger charge is -2.17. The van der Waals surface area contributed by atoms with E-state index in [4.69, 9.17) is 21.8 Å². The molecule has 1 unspecified atom stereocenters. The lowest BCUT2D eigenvalue weighted by molar-refractivity contribution is 0.0935. The number of hydrogen-bond acceptors (Lipinski definition) is 3. The minimum Gasteiger partial charge on any atom is -0.467 e. The lowest BCUT2D eigenvalue weighted by atomic mass is 10.0. The van der Waals surface area contributed by atoms with Gasteiger partial charge in [0.15, 0.2) is 0 Å². The van der Waals surface area contributed by atoms with Crippen LogP contribution < -0.4 is 11.1 Å². The second-order valence-corrected chi connectivity index (χ2v) is 4.93. The molecular weight excluding hydrogens is 276 g/mol. The van der Waals surface area contributed by atoms with Gasteiger partial charge >= 0.3 is 0 Å². The first-order valence-corrected chi connectivity index (χ1v) is 6.85. The zero-order valence-corrected chi connectivity index (χ0v) is 12.0. The predicted molar refractivity (Wildman–Crippen MR) is 78.5 cm³/mol. The summed E-state index contributed by atoms with van der Waals surface area (Å²) < 4.78 is 5.17. The van der Waals surface area contributed by atoms with Gasteiger partial charge in [-0.1, -0.05) is 30.7 Å². The standard InChI is InChI=1S/C15H17ClN2O2/c1-2-14(10-4-3-5-12(16)6-10)18-15(19)11-7-13(8-17)20-9-11/h3-7,9,14H,2,8,17H2,1H3,(H,18,19). The first-order valence-electron chi connectivity index (χ1n) is 6.47. The lowest BCUT2D eigenvalue weighted by Crippen LogP contribution is -2.27. The number of benzene rings is 1. The van der Waals surface area contributed by atoms with Crippen LogP contribution in [0.4, 0.5) is 0 Å². The third-order valence-electron chi connectivity index (χ3n) is 3.08. The molecule has 2 aromatic rings. The molecule has 0 aliphatic rings. The summed E-state index contributed by atoms with van der Waals surface area (Å²) in [6.45, 7) is 2.28. The van der Waals surface area contributed by atoms with Crippen molar-refractivity contribution < 1.29 is 9.21 Å². The Balaban J connectivity index is 2.11. The maximum atomic E-state index is 12.2. The van der Waals surface area contributed by atoms with Gasteiger partial charge in [-0.25, -0.2) is 0 Å². The van der Waals surface area contributed by atoms with Crippen molar-refractivity contribution in [2.45, 2.75) is 25.9 Å². The SMILES string of the molecule is CCC(NC(=O)c1coc(CN)c1)c1cccc(Cl)c1. The smallest absolute Gasteiger partial charge is 0.255 e. The first-order chi connectivity index (χ1) is 9.63. The van der Waals surface area contributed by atoms with Crippen LogP contribution in [0.5, 0.6) is 0 Å². The van der Waals surface area contributed by atoms with Crippen LogP contribution >= 0.6 is 11.6 Å². The van der Waals surface area contributed by atoms with E-state index in [1.807, 2.05) is 31.2 Å². The number of amides is 1. The number of halogens is 1. The summed E-state index contributed by atoms with van der Waals surface area (Å²) in [5.74, 6) is 0.409. The second kappa shape index (κ2) is 6.59. The molecular formula is C15H17ClN2O2. The monoisotopic (exact) mass is 292 g/mol. The molecule has 3 N–H and O–H groups in total. The molecule has 1 atom stereocenters. The third kappa shape index (κ3) is 3.40. The number of furan rings is 1. The molecule has 0 bridgehead atoms. The van der Waals surface area contributed by atoms with Gasteiger partial charge in [0.2, 0.25) is 0 Å². The van der Waals surface area contributed by atoms with E-state index in [1.165, 1.54) is 6.26 Å². The summed E-state index contributed by atoms with van der Waals surface area (Å²) in [5.41, 5.74) is 6.92. The molecule has 5 heteroatoms. The maximum Gasteiger partial charge on any atom is 0.255 e. The summed E-state index contributed by atoms with van der Waals surface area (Å²) in [4.78, 5) is 12.2. The zero-order valence-electron chi connectivity index (χ0n) is 11.2. The van der Waals surface area contributed by atoms with Crippen molar-refractivity contribution in [3.05, 3.63) is 58.5 Å². The van der Waals surface area contributed by atoms with E-state index in [0.29, 0.717) is 16.3 Å². The van der Waals surface area contributed by atoms with Crippen LogP contribution in [0, 0.1) is 0 Å². The zero-order chi connectivity index (χ0) is 14.5. The molecule has 4 nitrogen and oxygen atoms in total. The highest BCUT2D eigenvalue weighted by Crippen LogP contribution is 2.21. The Hall–Kier alpha value is -1.78. The largest absolute Gasteiger partial charge is 0.467 e. The fourth-order valence-electron chi connectivity index (χ4n) is 1.99. The molecule has 2 rings (SSSR count).